The molecule has 0 saturated carbocycles. The molecule has 5 nitrogen and oxygen atoms in total. The zero-order chi connectivity index (χ0) is 13.6. The van der Waals surface area contributed by atoms with Crippen molar-refractivity contribution < 1.29 is 15.0 Å². The minimum atomic E-state index is -1.01. The first kappa shape index (κ1) is 14.6. The van der Waals surface area contributed by atoms with E-state index in [1.807, 2.05) is 13.0 Å². The second kappa shape index (κ2) is 6.47. The van der Waals surface area contributed by atoms with Crippen molar-refractivity contribution in [2.45, 2.75) is 32.3 Å². The van der Waals surface area contributed by atoms with Crippen LogP contribution in [0, 0.1) is 6.92 Å². The van der Waals surface area contributed by atoms with Gasteiger partial charge in [-0.1, -0.05) is 6.07 Å². The van der Waals surface area contributed by atoms with Gasteiger partial charge in [-0.05, 0) is 38.3 Å². The van der Waals surface area contributed by atoms with Gasteiger partial charge in [-0.25, -0.2) is 0 Å². The normalized spacial score (nSPS) is 14.0. The number of carbonyl (C=O) groups is 1. The van der Waals surface area contributed by atoms with Crippen molar-refractivity contribution in [3.8, 4) is 0 Å². The van der Waals surface area contributed by atoms with Gasteiger partial charge in [0.05, 0.1) is 5.60 Å². The predicted octanol–water partition coefficient (Wildman–Crippen LogP) is 0.643. The Morgan fingerprint density at radius 2 is 2.28 bits per heavy atom. The average molecular weight is 252 g/mol. The monoisotopic (exact) mass is 252 g/mol. The van der Waals surface area contributed by atoms with Crippen LogP contribution in [0.5, 0.6) is 0 Å². The van der Waals surface area contributed by atoms with Crippen LogP contribution in [-0.4, -0.2) is 39.9 Å². The van der Waals surface area contributed by atoms with E-state index in [9.17, 15) is 9.90 Å². The van der Waals surface area contributed by atoms with Gasteiger partial charge < -0.3 is 15.5 Å². The number of hydrogen-bond acceptors (Lipinski definition) is 4. The van der Waals surface area contributed by atoms with Crippen LogP contribution < -0.4 is 5.32 Å². The molecule has 3 N–H and O–H groups in total. The van der Waals surface area contributed by atoms with Crippen molar-refractivity contribution >= 4 is 5.91 Å². The van der Waals surface area contributed by atoms with Crippen molar-refractivity contribution in [3.05, 3.63) is 29.6 Å². The Balaban J connectivity index is 2.54. The first-order valence-electron chi connectivity index (χ1n) is 5.99. The maximum atomic E-state index is 11.9. The summed E-state index contributed by atoms with van der Waals surface area (Å²) in [5.74, 6) is -0.294. The molecule has 0 saturated heterocycles. The minimum Gasteiger partial charge on any atom is -0.396 e. The minimum absolute atomic E-state index is 0.0312. The van der Waals surface area contributed by atoms with Crippen molar-refractivity contribution in [1.29, 1.82) is 0 Å². The molecule has 18 heavy (non-hydrogen) atoms. The first-order valence-corrected chi connectivity index (χ1v) is 5.99. The Morgan fingerprint density at radius 1 is 1.56 bits per heavy atom. The molecule has 0 fully saturated rings. The molecule has 0 radical (unpaired) electrons. The summed E-state index contributed by atoms with van der Waals surface area (Å²) in [6.45, 7) is 3.62. The number of aliphatic hydroxyl groups is 2. The molecule has 5 heteroatoms. The number of nitrogens with one attached hydrogen (secondary N) is 1. The van der Waals surface area contributed by atoms with Crippen molar-refractivity contribution in [3.63, 3.8) is 0 Å². The van der Waals surface area contributed by atoms with Gasteiger partial charge in [0.25, 0.3) is 5.91 Å². The molecule has 0 bridgehead atoms. The predicted molar refractivity (Wildman–Crippen MR) is 68.3 cm³/mol. The van der Waals surface area contributed by atoms with Crippen LogP contribution in [0.15, 0.2) is 18.3 Å². The summed E-state index contributed by atoms with van der Waals surface area (Å²) < 4.78 is 0. The molecule has 1 aromatic rings. The standard InChI is InChI=1S/C13H20N2O3/c1-10-5-3-7-14-11(10)12(17)15-9-13(2,18)6-4-8-16/h3,5,7,16,18H,4,6,8-9H2,1-2H3,(H,15,17)/t13-/m1/s1. The summed E-state index contributed by atoms with van der Waals surface area (Å²) >= 11 is 0. The molecule has 0 spiro atoms. The number of pyridine rings is 1. The van der Waals surface area contributed by atoms with Crippen LogP contribution in [-0.2, 0) is 0 Å². The van der Waals surface area contributed by atoms with E-state index in [2.05, 4.69) is 10.3 Å². The fourth-order valence-electron chi connectivity index (χ4n) is 1.63. The number of carbonyl (C=O) groups excluding carboxylic acids is 1. The zero-order valence-electron chi connectivity index (χ0n) is 10.8. The number of nitrogens with zero attached hydrogens (tertiary/aromatic N) is 1. The van der Waals surface area contributed by atoms with E-state index in [1.54, 1.807) is 19.2 Å². The number of hydrogen-bond donors (Lipinski definition) is 3. The van der Waals surface area contributed by atoms with Crippen LogP contribution in [0.4, 0.5) is 0 Å². The maximum absolute atomic E-state index is 11.9. The third kappa shape index (κ3) is 4.43. The highest BCUT2D eigenvalue weighted by atomic mass is 16.3. The molecule has 100 valence electrons. The van der Waals surface area contributed by atoms with E-state index in [0.717, 1.165) is 5.56 Å². The Kier molecular flexibility index (Phi) is 5.25. The highest BCUT2D eigenvalue weighted by Crippen LogP contribution is 2.11. The number of rotatable bonds is 6. The number of amides is 1. The van der Waals surface area contributed by atoms with Crippen molar-refractivity contribution in [2.24, 2.45) is 0 Å². The van der Waals surface area contributed by atoms with Gasteiger partial charge in [0.15, 0.2) is 0 Å². The van der Waals surface area contributed by atoms with Gasteiger partial charge >= 0.3 is 0 Å². The summed E-state index contributed by atoms with van der Waals surface area (Å²) in [7, 11) is 0. The molecule has 0 unspecified atom stereocenters. The second-order valence-corrected chi connectivity index (χ2v) is 4.68. The lowest BCUT2D eigenvalue weighted by atomic mass is 10.0. The third-order valence-electron chi connectivity index (χ3n) is 2.73. The lowest BCUT2D eigenvalue weighted by molar-refractivity contribution is 0.0414. The molecule has 1 rings (SSSR count). The molecule has 0 aliphatic carbocycles. The molecule has 1 amide bonds. The second-order valence-electron chi connectivity index (χ2n) is 4.68. The number of aliphatic hydroxyl groups excluding tert-OH is 1. The lowest BCUT2D eigenvalue weighted by Gasteiger charge is -2.23. The molecule has 1 aromatic heterocycles. The van der Waals surface area contributed by atoms with E-state index in [4.69, 9.17) is 5.11 Å². The fourth-order valence-corrected chi connectivity index (χ4v) is 1.63. The van der Waals surface area contributed by atoms with Crippen LogP contribution >= 0.6 is 0 Å². The molecular formula is C13H20N2O3. The highest BCUT2D eigenvalue weighted by Gasteiger charge is 2.21. The smallest absolute Gasteiger partial charge is 0.270 e. The molecule has 1 atom stereocenters. The van der Waals surface area contributed by atoms with E-state index >= 15 is 0 Å². The van der Waals surface area contributed by atoms with Crippen LogP contribution in [0.1, 0.15) is 35.8 Å². The van der Waals surface area contributed by atoms with Gasteiger partial charge in [0, 0.05) is 19.3 Å². The van der Waals surface area contributed by atoms with E-state index < -0.39 is 5.60 Å². The first-order chi connectivity index (χ1) is 8.46. The topological polar surface area (TPSA) is 82.5 Å². The van der Waals surface area contributed by atoms with Gasteiger partial charge in [0.2, 0.25) is 0 Å². The summed E-state index contributed by atoms with van der Waals surface area (Å²) in [5, 5.41) is 21.3. The largest absolute Gasteiger partial charge is 0.396 e. The number of aromatic nitrogens is 1. The summed E-state index contributed by atoms with van der Waals surface area (Å²) in [6, 6.07) is 3.58. The van der Waals surface area contributed by atoms with E-state index in [-0.39, 0.29) is 19.1 Å². The molecule has 0 aromatic carbocycles. The lowest BCUT2D eigenvalue weighted by Crippen LogP contribution is -2.41. The third-order valence-corrected chi connectivity index (χ3v) is 2.73. The van der Waals surface area contributed by atoms with Crippen molar-refractivity contribution in [1.82, 2.24) is 10.3 Å². The number of aryl methyl sites for hydroxylation is 1. The molecule has 0 aliphatic heterocycles. The Hall–Kier alpha value is -1.46. The highest BCUT2D eigenvalue weighted by molar-refractivity contribution is 5.93. The summed E-state index contributed by atoms with van der Waals surface area (Å²) in [5.41, 5.74) is 0.154. The van der Waals surface area contributed by atoms with Crippen LogP contribution in [0.2, 0.25) is 0 Å². The van der Waals surface area contributed by atoms with E-state index in [0.29, 0.717) is 18.5 Å². The Bertz CT molecular complexity index is 405. The van der Waals surface area contributed by atoms with Crippen LogP contribution in [0.25, 0.3) is 0 Å². The van der Waals surface area contributed by atoms with Gasteiger partial charge in [-0.15, -0.1) is 0 Å². The van der Waals surface area contributed by atoms with Gasteiger partial charge in [-0.2, -0.15) is 0 Å². The Morgan fingerprint density at radius 3 is 2.89 bits per heavy atom. The van der Waals surface area contributed by atoms with Crippen molar-refractivity contribution in [2.75, 3.05) is 13.2 Å². The fraction of sp³-hybridized carbons (Fsp3) is 0.538. The van der Waals surface area contributed by atoms with Crippen LogP contribution in [0.3, 0.4) is 0 Å². The SMILES string of the molecule is Cc1cccnc1C(=O)NC[C@](C)(O)CCCO. The summed E-state index contributed by atoms with van der Waals surface area (Å²) in [4.78, 5) is 15.9. The molecular weight excluding hydrogens is 232 g/mol. The van der Waals surface area contributed by atoms with Gasteiger partial charge in [0.1, 0.15) is 5.69 Å². The quantitative estimate of drug-likeness (QED) is 0.694. The Labute approximate surface area is 107 Å². The molecule has 1 heterocycles. The molecule has 0 aliphatic rings. The van der Waals surface area contributed by atoms with Gasteiger partial charge in [-0.3, -0.25) is 9.78 Å². The maximum Gasteiger partial charge on any atom is 0.270 e. The average Bonchev–Trinajstić information content (AvgIpc) is 2.34. The summed E-state index contributed by atoms with van der Waals surface area (Å²) in [6.07, 6.45) is 2.50. The zero-order valence-corrected chi connectivity index (χ0v) is 10.8. The van der Waals surface area contributed by atoms with E-state index in [1.165, 1.54) is 0 Å².